The lowest BCUT2D eigenvalue weighted by Crippen LogP contribution is -2.60. The van der Waals surface area contributed by atoms with Crippen molar-refractivity contribution in [3.63, 3.8) is 0 Å². The zero-order valence-corrected chi connectivity index (χ0v) is 16.7. The highest BCUT2D eigenvalue weighted by molar-refractivity contribution is 6.19. The fraction of sp³-hybridized carbons (Fsp3) is 0.350. The Morgan fingerprint density at radius 2 is 1.68 bits per heavy atom. The Hall–Kier alpha value is -3.29. The van der Waals surface area contributed by atoms with Crippen molar-refractivity contribution in [1.29, 1.82) is 0 Å². The third kappa shape index (κ3) is 3.21. The van der Waals surface area contributed by atoms with Gasteiger partial charge < -0.3 is 24.7 Å². The molecule has 150 valence electrons. The smallest absolute Gasteiger partial charge is 0.342 e. The average molecular weight is 388 g/mol. The van der Waals surface area contributed by atoms with Crippen molar-refractivity contribution in [2.45, 2.75) is 26.3 Å². The Morgan fingerprint density at radius 3 is 2.14 bits per heavy atom. The van der Waals surface area contributed by atoms with Crippen molar-refractivity contribution in [1.82, 2.24) is 5.32 Å². The van der Waals surface area contributed by atoms with Crippen molar-refractivity contribution in [2.24, 2.45) is 5.16 Å². The fourth-order valence-electron chi connectivity index (χ4n) is 3.42. The maximum absolute atomic E-state index is 12.7. The molecule has 1 unspecified atom stereocenters. The second kappa shape index (κ2) is 8.16. The number of carbonyl (C=O) groups excluding carboxylic acids is 2. The third-order valence-electron chi connectivity index (χ3n) is 4.89. The van der Waals surface area contributed by atoms with Crippen LogP contribution in [0.25, 0.3) is 5.57 Å². The molecule has 0 saturated carbocycles. The molecule has 0 saturated heterocycles. The van der Waals surface area contributed by atoms with Gasteiger partial charge in [0.05, 0.1) is 32.6 Å². The van der Waals surface area contributed by atoms with E-state index in [9.17, 15) is 14.8 Å². The van der Waals surface area contributed by atoms with Gasteiger partial charge in [0.15, 0.2) is 5.54 Å². The van der Waals surface area contributed by atoms with Gasteiger partial charge >= 0.3 is 11.9 Å². The molecule has 0 bridgehead atoms. The number of hydrogen-bond acceptors (Lipinski definition) is 8. The lowest BCUT2D eigenvalue weighted by Gasteiger charge is -2.39. The van der Waals surface area contributed by atoms with Gasteiger partial charge in [0.1, 0.15) is 5.75 Å². The van der Waals surface area contributed by atoms with Crippen LogP contribution in [0.4, 0.5) is 0 Å². The molecule has 0 amide bonds. The molecule has 1 heterocycles. The number of nitrogens with one attached hydrogen (secondary N) is 1. The van der Waals surface area contributed by atoms with Crippen LogP contribution in [0, 0.1) is 0 Å². The van der Waals surface area contributed by atoms with E-state index in [1.165, 1.54) is 21.1 Å². The van der Waals surface area contributed by atoms with Crippen LogP contribution in [-0.2, 0) is 19.1 Å². The Bertz CT molecular complexity index is 882. The highest BCUT2D eigenvalue weighted by Gasteiger charge is 2.50. The molecule has 28 heavy (non-hydrogen) atoms. The lowest BCUT2D eigenvalue weighted by molar-refractivity contribution is -0.144. The zero-order chi connectivity index (χ0) is 21.1. The molecule has 0 spiro atoms. The van der Waals surface area contributed by atoms with Gasteiger partial charge in [0, 0.05) is 11.3 Å². The number of methoxy groups -OCH3 is 3. The number of esters is 2. The summed E-state index contributed by atoms with van der Waals surface area (Å²) >= 11 is 0. The van der Waals surface area contributed by atoms with E-state index in [2.05, 4.69) is 10.5 Å². The summed E-state index contributed by atoms with van der Waals surface area (Å²) < 4.78 is 15.1. The molecule has 0 radical (unpaired) electrons. The predicted molar refractivity (Wildman–Crippen MR) is 103 cm³/mol. The number of carbonyl (C=O) groups is 2. The minimum Gasteiger partial charge on any atom is -0.497 e. The normalized spacial score (nSPS) is 19.9. The van der Waals surface area contributed by atoms with E-state index in [1.807, 2.05) is 0 Å². The number of allylic oxidation sites excluding steroid dienone is 1. The molecular formula is C20H24N2O6. The molecular weight excluding hydrogens is 364 g/mol. The van der Waals surface area contributed by atoms with Gasteiger partial charge in [0.2, 0.25) is 0 Å². The number of hydrogen-bond donors (Lipinski definition) is 2. The topological polar surface area (TPSA) is 106 Å². The van der Waals surface area contributed by atoms with Gasteiger partial charge in [-0.2, -0.15) is 0 Å². The summed E-state index contributed by atoms with van der Waals surface area (Å²) in [6, 6.07) is 7.13. The Morgan fingerprint density at radius 1 is 1.07 bits per heavy atom. The van der Waals surface area contributed by atoms with E-state index in [4.69, 9.17) is 14.2 Å². The van der Waals surface area contributed by atoms with Gasteiger partial charge in [-0.15, -0.1) is 0 Å². The molecule has 8 heteroatoms. The van der Waals surface area contributed by atoms with E-state index >= 15 is 0 Å². The van der Waals surface area contributed by atoms with Crippen molar-refractivity contribution in [3.05, 3.63) is 46.7 Å². The standard InChI is InChI=1S/C20H24N2O6/c1-11-16(18(23)27-5)17(14-7-9-15(26-4)10-8-14)12(2)21-20(11,13(3)22-25)19(24)28-6/h7-10,21,25H,1-6H3/b22-13-. The van der Waals surface area contributed by atoms with E-state index in [1.54, 1.807) is 45.2 Å². The quantitative estimate of drug-likeness (QED) is 0.345. The highest BCUT2D eigenvalue weighted by atomic mass is 16.5. The summed E-state index contributed by atoms with van der Waals surface area (Å²) in [5.41, 5.74) is 0.707. The number of dihydropyridines is 1. The molecule has 0 aliphatic carbocycles. The van der Waals surface area contributed by atoms with Crippen LogP contribution in [0.2, 0.25) is 0 Å². The molecule has 2 rings (SSSR count). The van der Waals surface area contributed by atoms with Crippen LogP contribution >= 0.6 is 0 Å². The van der Waals surface area contributed by atoms with Gasteiger partial charge in [0.25, 0.3) is 0 Å². The first-order chi connectivity index (χ1) is 13.3. The summed E-state index contributed by atoms with van der Waals surface area (Å²) in [4.78, 5) is 25.4. The molecule has 1 aliphatic rings. The molecule has 1 aromatic carbocycles. The van der Waals surface area contributed by atoms with Crippen LogP contribution in [0.5, 0.6) is 5.75 Å². The summed E-state index contributed by atoms with van der Waals surface area (Å²) in [6.07, 6.45) is 0. The Kier molecular flexibility index (Phi) is 6.12. The van der Waals surface area contributed by atoms with Gasteiger partial charge in [-0.1, -0.05) is 17.3 Å². The fourth-order valence-corrected chi connectivity index (χ4v) is 3.42. The monoisotopic (exact) mass is 388 g/mol. The molecule has 1 aromatic rings. The van der Waals surface area contributed by atoms with Gasteiger partial charge in [-0.25, -0.2) is 9.59 Å². The van der Waals surface area contributed by atoms with Gasteiger partial charge in [-0.05, 0) is 44.0 Å². The minimum absolute atomic E-state index is 0.0337. The number of oxime groups is 1. The predicted octanol–water partition coefficient (Wildman–Crippen LogP) is 2.28. The van der Waals surface area contributed by atoms with Crippen LogP contribution < -0.4 is 10.1 Å². The maximum Gasteiger partial charge on any atom is 0.342 e. The van der Waals surface area contributed by atoms with E-state index in [-0.39, 0.29) is 11.3 Å². The molecule has 1 aliphatic heterocycles. The first-order valence-corrected chi connectivity index (χ1v) is 8.49. The SMILES string of the molecule is COC(=O)C1=C(C)C(C(=O)OC)(/C(C)=N\O)NC(C)=C1c1ccc(OC)cc1. The van der Waals surface area contributed by atoms with E-state index in [0.29, 0.717) is 22.6 Å². The van der Waals surface area contributed by atoms with Gasteiger partial charge in [-0.3, -0.25) is 0 Å². The Balaban J connectivity index is 2.82. The molecule has 0 aromatic heterocycles. The molecule has 0 fully saturated rings. The molecule has 8 nitrogen and oxygen atoms in total. The average Bonchev–Trinajstić information content (AvgIpc) is 2.73. The summed E-state index contributed by atoms with van der Waals surface area (Å²) in [6.45, 7) is 4.78. The molecule has 1 atom stereocenters. The van der Waals surface area contributed by atoms with Crippen molar-refractivity contribution < 1.29 is 29.0 Å². The van der Waals surface area contributed by atoms with Crippen LogP contribution in [-0.4, -0.2) is 49.7 Å². The van der Waals surface area contributed by atoms with Crippen molar-refractivity contribution >= 4 is 23.2 Å². The summed E-state index contributed by atoms with van der Waals surface area (Å²) in [7, 11) is 4.05. The van der Waals surface area contributed by atoms with Crippen LogP contribution in [0.3, 0.4) is 0 Å². The summed E-state index contributed by atoms with van der Waals surface area (Å²) in [5.74, 6) is -0.670. The number of nitrogens with zero attached hydrogens (tertiary/aromatic N) is 1. The maximum atomic E-state index is 12.7. The van der Waals surface area contributed by atoms with E-state index < -0.39 is 17.5 Å². The molecule has 2 N–H and O–H groups in total. The lowest BCUT2D eigenvalue weighted by atomic mass is 9.76. The Labute approximate surface area is 163 Å². The number of benzene rings is 1. The second-order valence-electron chi connectivity index (χ2n) is 6.27. The van der Waals surface area contributed by atoms with Crippen molar-refractivity contribution in [3.8, 4) is 5.75 Å². The van der Waals surface area contributed by atoms with E-state index in [0.717, 1.165) is 5.56 Å². The second-order valence-corrected chi connectivity index (χ2v) is 6.27. The number of ether oxygens (including phenoxy) is 3. The highest BCUT2D eigenvalue weighted by Crippen LogP contribution is 2.39. The van der Waals surface area contributed by atoms with Crippen LogP contribution in [0.15, 0.2) is 46.3 Å². The summed E-state index contributed by atoms with van der Waals surface area (Å²) in [5, 5.41) is 15.7. The minimum atomic E-state index is -1.63. The van der Waals surface area contributed by atoms with Crippen molar-refractivity contribution in [2.75, 3.05) is 21.3 Å². The first-order valence-electron chi connectivity index (χ1n) is 8.49. The largest absolute Gasteiger partial charge is 0.497 e. The van der Waals surface area contributed by atoms with Crippen LogP contribution in [0.1, 0.15) is 26.3 Å². The zero-order valence-electron chi connectivity index (χ0n) is 16.7. The number of rotatable bonds is 5. The first kappa shape index (κ1) is 21.0. The third-order valence-corrected chi connectivity index (χ3v) is 4.89.